The summed E-state index contributed by atoms with van der Waals surface area (Å²) in [4.78, 5) is 0. The van der Waals surface area contributed by atoms with E-state index in [1.54, 1.807) is 0 Å². The lowest BCUT2D eigenvalue weighted by Gasteiger charge is -2.40. The van der Waals surface area contributed by atoms with Crippen molar-refractivity contribution in [1.29, 1.82) is 0 Å². The van der Waals surface area contributed by atoms with Crippen molar-refractivity contribution in [3.63, 3.8) is 0 Å². The van der Waals surface area contributed by atoms with Crippen molar-refractivity contribution in [2.45, 2.75) is 46.1 Å². The van der Waals surface area contributed by atoms with Crippen molar-refractivity contribution in [1.82, 2.24) is 0 Å². The first-order chi connectivity index (χ1) is 8.84. The molecule has 19 heavy (non-hydrogen) atoms. The fraction of sp³-hybridized carbons (Fsp3) is 0.625. The number of fused-ring (bicyclic) bond motifs is 2. The van der Waals surface area contributed by atoms with Gasteiger partial charge in [0.25, 0.3) is 0 Å². The van der Waals surface area contributed by atoms with Gasteiger partial charge in [0.2, 0.25) is 0 Å². The van der Waals surface area contributed by atoms with Gasteiger partial charge >= 0.3 is 0 Å². The predicted octanol–water partition coefficient (Wildman–Crippen LogP) is 4.59. The summed E-state index contributed by atoms with van der Waals surface area (Å²) in [7, 11) is 0. The van der Waals surface area contributed by atoms with Crippen LogP contribution in [0.3, 0.4) is 0 Å². The summed E-state index contributed by atoms with van der Waals surface area (Å²) in [6.45, 7) is 6.96. The second-order valence-electron chi connectivity index (χ2n) is 6.93. The van der Waals surface area contributed by atoms with E-state index in [-0.39, 0.29) is 11.5 Å². The number of nitrogens with one attached hydrogen (secondary N) is 1. The first-order valence-corrected chi connectivity index (χ1v) is 7.06. The summed E-state index contributed by atoms with van der Waals surface area (Å²) >= 11 is 0. The highest BCUT2D eigenvalue weighted by Gasteiger charge is 2.61. The molecule has 2 saturated carbocycles. The Hall–Kier alpha value is -1.12. The molecule has 0 radical (unpaired) electrons. The monoisotopic (exact) mass is 265 g/mol. The van der Waals surface area contributed by atoms with E-state index >= 15 is 0 Å². The van der Waals surface area contributed by atoms with E-state index in [0.29, 0.717) is 17.0 Å². The van der Waals surface area contributed by atoms with E-state index in [2.05, 4.69) is 26.1 Å². The van der Waals surface area contributed by atoms with Gasteiger partial charge in [-0.05, 0) is 48.1 Å². The maximum absolute atomic E-state index is 13.8. The van der Waals surface area contributed by atoms with Crippen LogP contribution in [0.1, 0.15) is 40.0 Å². The summed E-state index contributed by atoms with van der Waals surface area (Å²) in [5.74, 6) is -0.315. The van der Waals surface area contributed by atoms with E-state index in [9.17, 15) is 8.78 Å². The molecule has 1 nitrogen and oxygen atoms in total. The maximum Gasteiger partial charge on any atom is 0.149 e. The van der Waals surface area contributed by atoms with Gasteiger partial charge in [-0.1, -0.05) is 20.8 Å². The highest BCUT2D eigenvalue weighted by Crippen LogP contribution is 2.65. The van der Waals surface area contributed by atoms with Crippen molar-refractivity contribution in [3.8, 4) is 0 Å². The zero-order chi connectivity index (χ0) is 13.8. The lowest BCUT2D eigenvalue weighted by atomic mass is 9.69. The highest BCUT2D eigenvalue weighted by atomic mass is 19.1. The molecule has 0 aliphatic heterocycles. The summed E-state index contributed by atoms with van der Waals surface area (Å²) in [5.41, 5.74) is 0.913. The van der Waals surface area contributed by atoms with Crippen LogP contribution >= 0.6 is 0 Å². The van der Waals surface area contributed by atoms with Gasteiger partial charge in [-0.2, -0.15) is 0 Å². The first kappa shape index (κ1) is 12.9. The predicted molar refractivity (Wildman–Crippen MR) is 73.0 cm³/mol. The van der Waals surface area contributed by atoms with Crippen LogP contribution in [0.4, 0.5) is 14.5 Å². The number of halogens is 2. The van der Waals surface area contributed by atoms with E-state index in [1.807, 2.05) is 0 Å². The number of rotatable bonds is 2. The Morgan fingerprint density at radius 3 is 2.47 bits per heavy atom. The molecule has 0 spiro atoms. The van der Waals surface area contributed by atoms with Crippen molar-refractivity contribution < 1.29 is 8.78 Å². The third-order valence-corrected chi connectivity index (χ3v) is 6.05. The van der Waals surface area contributed by atoms with Gasteiger partial charge in [-0.25, -0.2) is 8.78 Å². The van der Waals surface area contributed by atoms with Crippen LogP contribution in [0.15, 0.2) is 18.2 Å². The summed E-state index contributed by atoms with van der Waals surface area (Å²) in [5, 5.41) is 3.32. The molecule has 1 aromatic carbocycles. The van der Waals surface area contributed by atoms with Crippen molar-refractivity contribution in [2.24, 2.45) is 16.7 Å². The Bertz CT molecular complexity index is 511. The van der Waals surface area contributed by atoms with Crippen LogP contribution in [0, 0.1) is 28.4 Å². The summed E-state index contributed by atoms with van der Waals surface area (Å²) in [6, 6.07) is 4.04. The van der Waals surface area contributed by atoms with Crippen LogP contribution in [0.5, 0.6) is 0 Å². The molecule has 1 aromatic rings. The van der Waals surface area contributed by atoms with Crippen molar-refractivity contribution in [2.75, 3.05) is 5.32 Å². The number of anilines is 1. The van der Waals surface area contributed by atoms with E-state index in [4.69, 9.17) is 0 Å². The molecule has 104 valence electrons. The third-order valence-electron chi connectivity index (χ3n) is 6.05. The molecule has 0 aromatic heterocycles. The Kier molecular flexibility index (Phi) is 2.67. The second-order valence-corrected chi connectivity index (χ2v) is 6.93. The van der Waals surface area contributed by atoms with Gasteiger partial charge < -0.3 is 5.32 Å². The fourth-order valence-corrected chi connectivity index (χ4v) is 4.22. The maximum atomic E-state index is 13.8. The molecule has 3 heteroatoms. The SMILES string of the molecule is CC1(C)C2CCC1(C)C(Nc1ccc(F)cc1F)C2. The normalized spacial score (nSPS) is 35.6. The molecule has 2 aliphatic carbocycles. The molecule has 0 amide bonds. The van der Waals surface area contributed by atoms with Gasteiger partial charge in [0.15, 0.2) is 0 Å². The summed E-state index contributed by atoms with van der Waals surface area (Å²) < 4.78 is 26.7. The van der Waals surface area contributed by atoms with E-state index in [0.717, 1.165) is 12.5 Å². The van der Waals surface area contributed by atoms with Gasteiger partial charge in [0.05, 0.1) is 5.69 Å². The Balaban J connectivity index is 1.86. The van der Waals surface area contributed by atoms with Crippen LogP contribution < -0.4 is 5.32 Å². The Morgan fingerprint density at radius 1 is 1.21 bits per heavy atom. The Morgan fingerprint density at radius 2 is 1.95 bits per heavy atom. The van der Waals surface area contributed by atoms with Crippen LogP contribution in [0.25, 0.3) is 0 Å². The minimum atomic E-state index is -0.525. The zero-order valence-electron chi connectivity index (χ0n) is 11.8. The molecule has 3 atom stereocenters. The van der Waals surface area contributed by atoms with Crippen LogP contribution in [-0.4, -0.2) is 6.04 Å². The fourth-order valence-electron chi connectivity index (χ4n) is 4.22. The smallest absolute Gasteiger partial charge is 0.149 e. The number of benzene rings is 1. The standard InChI is InChI=1S/C16H21F2N/c1-15(2)10-6-7-16(15,3)14(8-10)19-13-5-4-11(17)9-12(13)18/h4-5,9-10,14,19H,6-8H2,1-3H3. The number of hydrogen-bond acceptors (Lipinski definition) is 1. The van der Waals surface area contributed by atoms with Crippen molar-refractivity contribution in [3.05, 3.63) is 29.8 Å². The largest absolute Gasteiger partial charge is 0.379 e. The summed E-state index contributed by atoms with van der Waals surface area (Å²) in [6.07, 6.45) is 3.54. The average molecular weight is 265 g/mol. The molecule has 3 unspecified atom stereocenters. The molecule has 2 fully saturated rings. The molecule has 2 aliphatic rings. The van der Waals surface area contributed by atoms with Crippen molar-refractivity contribution >= 4 is 5.69 Å². The quantitative estimate of drug-likeness (QED) is 0.824. The van der Waals surface area contributed by atoms with Crippen LogP contribution in [0.2, 0.25) is 0 Å². The molecule has 0 saturated heterocycles. The van der Waals surface area contributed by atoms with Gasteiger partial charge in [0.1, 0.15) is 11.6 Å². The lowest BCUT2D eigenvalue weighted by molar-refractivity contribution is 0.142. The molecule has 1 N–H and O–H groups in total. The van der Waals surface area contributed by atoms with Gasteiger partial charge in [-0.3, -0.25) is 0 Å². The lowest BCUT2D eigenvalue weighted by Crippen LogP contribution is -2.40. The molecule has 0 heterocycles. The minimum Gasteiger partial charge on any atom is -0.379 e. The average Bonchev–Trinajstić information content (AvgIpc) is 2.65. The second kappa shape index (κ2) is 3.94. The molecular formula is C16H21F2N. The van der Waals surface area contributed by atoms with E-state index in [1.165, 1.54) is 25.0 Å². The molecule has 3 rings (SSSR count). The topological polar surface area (TPSA) is 12.0 Å². The zero-order valence-corrected chi connectivity index (χ0v) is 11.8. The number of hydrogen-bond donors (Lipinski definition) is 1. The van der Waals surface area contributed by atoms with Crippen LogP contribution in [-0.2, 0) is 0 Å². The first-order valence-electron chi connectivity index (χ1n) is 7.06. The van der Waals surface area contributed by atoms with Gasteiger partial charge in [0, 0.05) is 12.1 Å². The molecular weight excluding hydrogens is 244 g/mol. The minimum absolute atomic E-state index is 0.193. The Labute approximate surface area is 113 Å². The highest BCUT2D eigenvalue weighted by molar-refractivity contribution is 5.47. The van der Waals surface area contributed by atoms with Gasteiger partial charge in [-0.15, -0.1) is 0 Å². The van der Waals surface area contributed by atoms with E-state index < -0.39 is 11.6 Å². The third kappa shape index (κ3) is 1.70. The molecule has 2 bridgehead atoms.